The highest BCUT2D eigenvalue weighted by molar-refractivity contribution is 7.80. The predicted molar refractivity (Wildman–Crippen MR) is 54.6 cm³/mol. The van der Waals surface area contributed by atoms with Crippen LogP contribution in [0.15, 0.2) is 28.0 Å². The summed E-state index contributed by atoms with van der Waals surface area (Å²) in [5.41, 5.74) is 1.88. The highest BCUT2D eigenvalue weighted by Gasteiger charge is 2.07. The molecule has 68 valence electrons. The smallest absolute Gasteiger partial charge is 0.267 e. The largest absolute Gasteiger partial charge is 0.278 e. The number of hydrogen-bond donors (Lipinski definition) is 1. The van der Waals surface area contributed by atoms with Crippen molar-refractivity contribution >= 4 is 18.1 Å². The zero-order chi connectivity index (χ0) is 9.59. The summed E-state index contributed by atoms with van der Waals surface area (Å²) in [6, 6.07) is 3.88. The standard InChI is InChI=1S/C9H10N2OS/c1-6-7-4-3-5-11(7)10(2)9(12)8(6)13/h3-5,13H,1-2H3. The summed E-state index contributed by atoms with van der Waals surface area (Å²) >= 11 is 4.19. The molecule has 0 saturated heterocycles. The van der Waals surface area contributed by atoms with Gasteiger partial charge < -0.3 is 0 Å². The average molecular weight is 194 g/mol. The number of fused-ring (bicyclic) bond motifs is 1. The Hall–Kier alpha value is -1.16. The molecule has 4 heteroatoms. The molecule has 0 atom stereocenters. The van der Waals surface area contributed by atoms with Crippen molar-refractivity contribution in [3.8, 4) is 0 Å². The van der Waals surface area contributed by atoms with Crippen molar-refractivity contribution in [3.63, 3.8) is 0 Å². The lowest BCUT2D eigenvalue weighted by Crippen LogP contribution is -2.24. The van der Waals surface area contributed by atoms with E-state index in [1.807, 2.05) is 29.8 Å². The summed E-state index contributed by atoms with van der Waals surface area (Å²) in [6.07, 6.45) is 1.86. The van der Waals surface area contributed by atoms with Gasteiger partial charge >= 0.3 is 0 Å². The van der Waals surface area contributed by atoms with E-state index in [2.05, 4.69) is 12.6 Å². The summed E-state index contributed by atoms with van der Waals surface area (Å²) < 4.78 is 3.36. The minimum absolute atomic E-state index is 0.0652. The van der Waals surface area contributed by atoms with Crippen LogP contribution in [0.4, 0.5) is 0 Å². The van der Waals surface area contributed by atoms with Crippen LogP contribution in [0.25, 0.3) is 5.52 Å². The van der Waals surface area contributed by atoms with Gasteiger partial charge in [0.05, 0.1) is 10.4 Å². The molecule has 0 unspecified atom stereocenters. The first kappa shape index (κ1) is 8.44. The monoisotopic (exact) mass is 194 g/mol. The maximum atomic E-state index is 11.6. The first-order valence-corrected chi connectivity index (χ1v) is 4.43. The lowest BCUT2D eigenvalue weighted by molar-refractivity contribution is 0.642. The van der Waals surface area contributed by atoms with Gasteiger partial charge in [-0.3, -0.25) is 9.31 Å². The molecule has 0 aliphatic rings. The van der Waals surface area contributed by atoms with Crippen molar-refractivity contribution in [3.05, 3.63) is 34.2 Å². The van der Waals surface area contributed by atoms with Crippen LogP contribution in [0.2, 0.25) is 0 Å². The minimum Gasteiger partial charge on any atom is -0.267 e. The van der Waals surface area contributed by atoms with E-state index in [0.717, 1.165) is 11.1 Å². The number of hydrogen-bond acceptors (Lipinski definition) is 2. The summed E-state index contributed by atoms with van der Waals surface area (Å²) in [5, 5.41) is 0. The maximum absolute atomic E-state index is 11.6. The van der Waals surface area contributed by atoms with Gasteiger partial charge in [-0.15, -0.1) is 12.6 Å². The van der Waals surface area contributed by atoms with Crippen molar-refractivity contribution in [2.75, 3.05) is 0 Å². The third-order valence-electron chi connectivity index (χ3n) is 2.29. The number of nitrogens with zero attached hydrogens (tertiary/aromatic N) is 2. The van der Waals surface area contributed by atoms with Crippen LogP contribution in [0.1, 0.15) is 5.56 Å². The second-order valence-electron chi connectivity index (χ2n) is 3.04. The van der Waals surface area contributed by atoms with Gasteiger partial charge in [0.15, 0.2) is 0 Å². The highest BCUT2D eigenvalue weighted by atomic mass is 32.1. The molecule has 2 heterocycles. The first-order valence-electron chi connectivity index (χ1n) is 3.99. The number of rotatable bonds is 0. The molecule has 0 radical (unpaired) electrons. The Balaban J connectivity index is 3.11. The SMILES string of the molecule is Cc1c(S)c(=O)n(C)n2cccc12. The molecule has 2 aromatic heterocycles. The van der Waals surface area contributed by atoms with Gasteiger partial charge in [-0.2, -0.15) is 0 Å². The number of aryl methyl sites for hydroxylation is 2. The number of thiol groups is 1. The topological polar surface area (TPSA) is 26.4 Å². The minimum atomic E-state index is -0.0652. The Morgan fingerprint density at radius 2 is 2.15 bits per heavy atom. The predicted octanol–water partition coefficient (Wildman–Crippen LogP) is 1.24. The third-order valence-corrected chi connectivity index (χ3v) is 2.81. The Morgan fingerprint density at radius 1 is 1.46 bits per heavy atom. The molecular weight excluding hydrogens is 184 g/mol. The molecule has 0 N–H and O–H groups in total. The van der Waals surface area contributed by atoms with Crippen molar-refractivity contribution in [2.45, 2.75) is 11.8 Å². The molecule has 2 rings (SSSR count). The maximum Gasteiger partial charge on any atom is 0.278 e. The Kier molecular flexibility index (Phi) is 1.73. The molecule has 2 aromatic rings. The third kappa shape index (κ3) is 1.02. The van der Waals surface area contributed by atoms with Crippen molar-refractivity contribution in [1.29, 1.82) is 0 Å². The van der Waals surface area contributed by atoms with Gasteiger partial charge in [0, 0.05) is 13.2 Å². The lowest BCUT2D eigenvalue weighted by Gasteiger charge is -2.07. The van der Waals surface area contributed by atoms with E-state index in [-0.39, 0.29) is 5.56 Å². The Labute approximate surface area is 81.0 Å². The first-order chi connectivity index (χ1) is 6.13. The quantitative estimate of drug-likeness (QED) is 0.627. The van der Waals surface area contributed by atoms with E-state index in [4.69, 9.17) is 0 Å². The van der Waals surface area contributed by atoms with Crippen LogP contribution >= 0.6 is 12.6 Å². The van der Waals surface area contributed by atoms with Crippen LogP contribution in [0.5, 0.6) is 0 Å². The molecule has 0 saturated carbocycles. The van der Waals surface area contributed by atoms with E-state index in [1.165, 1.54) is 0 Å². The van der Waals surface area contributed by atoms with Crippen LogP contribution in [0, 0.1) is 6.92 Å². The molecule has 0 amide bonds. The van der Waals surface area contributed by atoms with E-state index < -0.39 is 0 Å². The summed E-state index contributed by atoms with van der Waals surface area (Å²) in [4.78, 5) is 12.1. The van der Waals surface area contributed by atoms with E-state index in [9.17, 15) is 4.79 Å². The van der Waals surface area contributed by atoms with E-state index >= 15 is 0 Å². The molecule has 0 aromatic carbocycles. The fourth-order valence-electron chi connectivity index (χ4n) is 1.46. The van der Waals surface area contributed by atoms with Gasteiger partial charge in [0.2, 0.25) is 0 Å². The summed E-state index contributed by atoms with van der Waals surface area (Å²) in [7, 11) is 1.73. The molecule has 0 aliphatic heterocycles. The molecule has 3 nitrogen and oxygen atoms in total. The van der Waals surface area contributed by atoms with Gasteiger partial charge in [0.25, 0.3) is 5.56 Å². The van der Waals surface area contributed by atoms with Crippen LogP contribution < -0.4 is 5.56 Å². The molecular formula is C9H10N2OS. The molecule has 0 aliphatic carbocycles. The lowest BCUT2D eigenvalue weighted by atomic mass is 10.3. The van der Waals surface area contributed by atoms with E-state index in [0.29, 0.717) is 4.90 Å². The number of aromatic nitrogens is 2. The average Bonchev–Trinajstić information content (AvgIpc) is 2.59. The molecule has 0 fully saturated rings. The van der Waals surface area contributed by atoms with Gasteiger partial charge in [-0.1, -0.05) is 0 Å². The van der Waals surface area contributed by atoms with E-state index in [1.54, 1.807) is 11.7 Å². The zero-order valence-corrected chi connectivity index (χ0v) is 8.38. The zero-order valence-electron chi connectivity index (χ0n) is 7.48. The molecule has 0 bridgehead atoms. The normalized spacial score (nSPS) is 11.0. The molecule has 13 heavy (non-hydrogen) atoms. The Bertz CT molecular complexity index is 524. The second kappa shape index (κ2) is 2.67. The van der Waals surface area contributed by atoms with Gasteiger partial charge in [-0.05, 0) is 24.6 Å². The fourth-order valence-corrected chi connectivity index (χ4v) is 1.72. The van der Waals surface area contributed by atoms with Crippen LogP contribution in [0.3, 0.4) is 0 Å². The second-order valence-corrected chi connectivity index (χ2v) is 3.49. The summed E-state index contributed by atoms with van der Waals surface area (Å²) in [5.74, 6) is 0. The molecule has 0 spiro atoms. The van der Waals surface area contributed by atoms with Crippen LogP contribution in [-0.2, 0) is 7.05 Å². The van der Waals surface area contributed by atoms with Crippen LogP contribution in [-0.4, -0.2) is 9.20 Å². The van der Waals surface area contributed by atoms with Crippen molar-refractivity contribution in [2.24, 2.45) is 7.05 Å². The highest BCUT2D eigenvalue weighted by Crippen LogP contribution is 2.14. The van der Waals surface area contributed by atoms with Gasteiger partial charge in [-0.25, -0.2) is 4.68 Å². The fraction of sp³-hybridized carbons (Fsp3) is 0.222. The Morgan fingerprint density at radius 3 is 2.85 bits per heavy atom. The van der Waals surface area contributed by atoms with Gasteiger partial charge in [0.1, 0.15) is 0 Å². The summed E-state index contributed by atoms with van der Waals surface area (Å²) in [6.45, 7) is 1.90. The van der Waals surface area contributed by atoms with Crippen molar-refractivity contribution < 1.29 is 0 Å². The van der Waals surface area contributed by atoms with Crippen molar-refractivity contribution in [1.82, 2.24) is 9.20 Å².